The van der Waals surface area contributed by atoms with Crippen molar-refractivity contribution in [3.05, 3.63) is 53.9 Å². The third-order valence-corrected chi connectivity index (χ3v) is 3.74. The van der Waals surface area contributed by atoms with E-state index in [2.05, 4.69) is 28.3 Å². The lowest BCUT2D eigenvalue weighted by Crippen LogP contribution is -2.28. The van der Waals surface area contributed by atoms with Gasteiger partial charge in [-0.05, 0) is 44.2 Å². The second-order valence-corrected chi connectivity index (χ2v) is 5.52. The summed E-state index contributed by atoms with van der Waals surface area (Å²) in [5, 5.41) is 5.51. The molecular formula is C18H23N3O2. The van der Waals surface area contributed by atoms with E-state index in [1.54, 1.807) is 24.3 Å². The number of hydrogen-bond acceptors (Lipinski definition) is 3. The van der Waals surface area contributed by atoms with Crippen LogP contribution in [0.1, 0.15) is 53.1 Å². The van der Waals surface area contributed by atoms with Gasteiger partial charge in [-0.1, -0.05) is 23.8 Å². The number of hydrogen-bond donors (Lipinski definition) is 2. The molecular weight excluding hydrogens is 290 g/mol. The van der Waals surface area contributed by atoms with Gasteiger partial charge in [0.2, 0.25) is 0 Å². The van der Waals surface area contributed by atoms with E-state index in [1.807, 2.05) is 0 Å². The summed E-state index contributed by atoms with van der Waals surface area (Å²) < 4.78 is 0. The van der Waals surface area contributed by atoms with Gasteiger partial charge in [-0.2, -0.15) is 0 Å². The molecule has 1 aliphatic carbocycles. The first-order valence-corrected chi connectivity index (χ1v) is 8.03. The molecule has 1 aromatic rings. The molecule has 0 unspecified atom stereocenters. The fourth-order valence-corrected chi connectivity index (χ4v) is 2.50. The summed E-state index contributed by atoms with van der Waals surface area (Å²) in [6.07, 6.45) is 9.53. The molecule has 23 heavy (non-hydrogen) atoms. The van der Waals surface area contributed by atoms with E-state index in [4.69, 9.17) is 0 Å². The molecule has 0 radical (unpaired) electrons. The van der Waals surface area contributed by atoms with Crippen LogP contribution in [-0.4, -0.2) is 29.9 Å². The van der Waals surface area contributed by atoms with E-state index in [9.17, 15) is 9.59 Å². The summed E-state index contributed by atoms with van der Waals surface area (Å²) in [5.41, 5.74) is 1.91. The van der Waals surface area contributed by atoms with Crippen molar-refractivity contribution in [3.63, 3.8) is 0 Å². The highest BCUT2D eigenvalue weighted by Crippen LogP contribution is 2.19. The number of carbonyl (C=O) groups excluding carboxylic acids is 2. The topological polar surface area (TPSA) is 71.1 Å². The molecule has 0 saturated carbocycles. The zero-order valence-corrected chi connectivity index (χ0v) is 13.3. The fourth-order valence-electron chi connectivity index (χ4n) is 2.50. The highest BCUT2D eigenvalue weighted by molar-refractivity contribution is 5.96. The molecule has 0 aromatic carbocycles. The zero-order chi connectivity index (χ0) is 16.5. The summed E-state index contributed by atoms with van der Waals surface area (Å²) >= 11 is 0. The molecule has 0 bridgehead atoms. The van der Waals surface area contributed by atoms with Crippen molar-refractivity contribution in [3.8, 4) is 0 Å². The summed E-state index contributed by atoms with van der Waals surface area (Å²) in [6.45, 7) is 4.50. The van der Waals surface area contributed by atoms with Crippen molar-refractivity contribution < 1.29 is 9.59 Å². The lowest BCUT2D eigenvalue weighted by molar-refractivity contribution is 0.0946. The fraction of sp³-hybridized carbons (Fsp3) is 0.389. The number of rotatable bonds is 7. The maximum atomic E-state index is 12.1. The van der Waals surface area contributed by atoms with Gasteiger partial charge in [0.25, 0.3) is 11.8 Å². The Balaban J connectivity index is 1.87. The largest absolute Gasteiger partial charge is 0.350 e. The predicted molar refractivity (Wildman–Crippen MR) is 90.3 cm³/mol. The van der Waals surface area contributed by atoms with Crippen molar-refractivity contribution in [1.29, 1.82) is 0 Å². The van der Waals surface area contributed by atoms with Gasteiger partial charge in [0.15, 0.2) is 0 Å². The number of nitrogens with zero attached hydrogens (tertiary/aromatic N) is 1. The van der Waals surface area contributed by atoms with Gasteiger partial charge >= 0.3 is 0 Å². The Morgan fingerprint density at radius 3 is 2.57 bits per heavy atom. The third-order valence-electron chi connectivity index (χ3n) is 3.74. The Labute approximate surface area is 136 Å². The molecule has 1 aromatic heterocycles. The highest BCUT2D eigenvalue weighted by atomic mass is 16.2. The molecule has 2 N–H and O–H groups in total. The summed E-state index contributed by atoms with van der Waals surface area (Å²) in [7, 11) is 0. The molecule has 122 valence electrons. The molecule has 2 rings (SSSR count). The molecule has 5 nitrogen and oxygen atoms in total. The quantitative estimate of drug-likeness (QED) is 0.760. The summed E-state index contributed by atoms with van der Waals surface area (Å²) in [4.78, 5) is 28.1. The predicted octanol–water partition coefficient (Wildman–Crippen LogP) is 2.62. The molecule has 5 heteroatoms. The third kappa shape index (κ3) is 5.36. The van der Waals surface area contributed by atoms with Gasteiger partial charge in [-0.25, -0.2) is 4.98 Å². The molecule has 2 amide bonds. The monoisotopic (exact) mass is 313 g/mol. The van der Waals surface area contributed by atoms with Crippen LogP contribution < -0.4 is 10.6 Å². The molecule has 0 atom stereocenters. The molecule has 0 fully saturated rings. The van der Waals surface area contributed by atoms with Gasteiger partial charge < -0.3 is 10.6 Å². The number of pyridine rings is 1. The van der Waals surface area contributed by atoms with Gasteiger partial charge in [0.05, 0.1) is 0 Å². The molecule has 0 spiro atoms. The minimum atomic E-state index is -0.313. The second-order valence-electron chi connectivity index (χ2n) is 5.52. The van der Waals surface area contributed by atoms with Crippen molar-refractivity contribution in [2.75, 3.05) is 13.1 Å². The van der Waals surface area contributed by atoms with Crippen LogP contribution in [0.4, 0.5) is 0 Å². The second kappa shape index (κ2) is 8.88. The van der Waals surface area contributed by atoms with E-state index in [-0.39, 0.29) is 23.2 Å². The lowest BCUT2D eigenvalue weighted by Gasteiger charge is -2.13. The first-order valence-electron chi connectivity index (χ1n) is 8.03. The SMILES string of the molecule is C=CCNC(=O)c1cccc(C(=O)NCCC2=CCCCC2)n1. The number of amides is 2. The van der Waals surface area contributed by atoms with Crippen LogP contribution in [-0.2, 0) is 0 Å². The minimum Gasteiger partial charge on any atom is -0.350 e. The van der Waals surface area contributed by atoms with Crippen molar-refractivity contribution in [2.45, 2.75) is 32.1 Å². The number of aromatic nitrogens is 1. The zero-order valence-electron chi connectivity index (χ0n) is 13.3. The van der Waals surface area contributed by atoms with Crippen molar-refractivity contribution in [2.24, 2.45) is 0 Å². The average Bonchev–Trinajstić information content (AvgIpc) is 2.60. The molecule has 0 aliphatic heterocycles. The van der Waals surface area contributed by atoms with E-state index >= 15 is 0 Å². The van der Waals surface area contributed by atoms with Crippen LogP contribution in [0.2, 0.25) is 0 Å². The summed E-state index contributed by atoms with van der Waals surface area (Å²) in [5.74, 6) is -0.563. The van der Waals surface area contributed by atoms with Crippen LogP contribution in [0.15, 0.2) is 42.5 Å². The Hall–Kier alpha value is -2.43. The van der Waals surface area contributed by atoms with Crippen LogP contribution >= 0.6 is 0 Å². The maximum absolute atomic E-state index is 12.1. The van der Waals surface area contributed by atoms with E-state index in [1.165, 1.54) is 18.4 Å². The van der Waals surface area contributed by atoms with Gasteiger partial charge in [-0.3, -0.25) is 9.59 Å². The van der Waals surface area contributed by atoms with E-state index < -0.39 is 0 Å². The van der Waals surface area contributed by atoms with Crippen molar-refractivity contribution >= 4 is 11.8 Å². The van der Waals surface area contributed by atoms with Crippen LogP contribution in [0.25, 0.3) is 0 Å². The lowest BCUT2D eigenvalue weighted by atomic mass is 9.97. The first-order chi connectivity index (χ1) is 11.2. The number of carbonyl (C=O) groups is 2. The highest BCUT2D eigenvalue weighted by Gasteiger charge is 2.12. The Kier molecular flexibility index (Phi) is 6.54. The minimum absolute atomic E-state index is 0.231. The summed E-state index contributed by atoms with van der Waals surface area (Å²) in [6, 6.07) is 4.86. The Bertz CT molecular complexity index is 608. The van der Waals surface area contributed by atoms with Gasteiger partial charge in [0.1, 0.15) is 11.4 Å². The molecule has 1 heterocycles. The average molecular weight is 313 g/mol. The smallest absolute Gasteiger partial charge is 0.270 e. The standard InChI is InChI=1S/C18H23N3O2/c1-2-12-19-17(22)15-9-6-10-16(21-15)18(23)20-13-11-14-7-4-3-5-8-14/h2,6-7,9-10H,1,3-5,8,11-13H2,(H,19,22)(H,20,23). The van der Waals surface area contributed by atoms with E-state index in [0.717, 1.165) is 19.3 Å². The van der Waals surface area contributed by atoms with Crippen LogP contribution in [0.3, 0.4) is 0 Å². The van der Waals surface area contributed by atoms with Gasteiger partial charge in [-0.15, -0.1) is 6.58 Å². The molecule has 1 aliphatic rings. The maximum Gasteiger partial charge on any atom is 0.270 e. The normalized spacial score (nSPS) is 13.8. The van der Waals surface area contributed by atoms with Crippen LogP contribution in [0, 0.1) is 0 Å². The van der Waals surface area contributed by atoms with E-state index in [0.29, 0.717) is 13.1 Å². The number of allylic oxidation sites excluding steroid dienone is 1. The number of nitrogens with one attached hydrogen (secondary N) is 2. The van der Waals surface area contributed by atoms with Crippen molar-refractivity contribution in [1.82, 2.24) is 15.6 Å². The molecule has 0 saturated heterocycles. The van der Waals surface area contributed by atoms with Gasteiger partial charge in [0, 0.05) is 13.1 Å². The first kappa shape index (κ1) is 16.9. The Morgan fingerprint density at radius 1 is 1.17 bits per heavy atom. The Morgan fingerprint density at radius 2 is 1.91 bits per heavy atom. The van der Waals surface area contributed by atoms with Crippen LogP contribution in [0.5, 0.6) is 0 Å².